The predicted octanol–water partition coefficient (Wildman–Crippen LogP) is 5.00. The first-order valence-corrected chi connectivity index (χ1v) is 11.6. The van der Waals surface area contributed by atoms with Crippen LogP contribution < -0.4 is 16.8 Å². The summed E-state index contributed by atoms with van der Waals surface area (Å²) in [6.07, 6.45) is 1.98. The number of anilines is 1. The topological polar surface area (TPSA) is 127 Å². The summed E-state index contributed by atoms with van der Waals surface area (Å²) in [5.41, 5.74) is 4.03. The van der Waals surface area contributed by atoms with E-state index in [1.807, 2.05) is 60.7 Å². The minimum Gasteiger partial charge on any atom is -0.477 e. The molecule has 1 heterocycles. The van der Waals surface area contributed by atoms with Gasteiger partial charge in [0.2, 0.25) is 0 Å². The van der Waals surface area contributed by atoms with Gasteiger partial charge >= 0.3 is 5.97 Å². The maximum atomic E-state index is 11.8. The van der Waals surface area contributed by atoms with Crippen molar-refractivity contribution in [2.24, 2.45) is 5.84 Å². The number of hydrogen-bond acceptors (Lipinski definition) is 6. The average Bonchev–Trinajstić information content (AvgIpc) is 2.83. The second-order valence-corrected chi connectivity index (χ2v) is 8.75. The molecular weight excluding hydrogens is 680 g/mol. The highest BCUT2D eigenvalue weighted by Gasteiger charge is 2.07. The maximum absolute atomic E-state index is 11.8. The number of aromatic nitrogens is 2. The Hall–Kier alpha value is -2.12. The van der Waals surface area contributed by atoms with Gasteiger partial charge < -0.3 is 10.5 Å². The van der Waals surface area contributed by atoms with Gasteiger partial charge in [-0.1, -0.05) is 36.4 Å². The summed E-state index contributed by atoms with van der Waals surface area (Å²) in [6, 6.07) is 18.9. The minimum absolute atomic E-state index is 0.00463. The van der Waals surface area contributed by atoms with Crippen LogP contribution >= 0.6 is 63.7 Å². The van der Waals surface area contributed by atoms with Crippen molar-refractivity contribution >= 4 is 81.7 Å². The van der Waals surface area contributed by atoms with Crippen LogP contribution in [0.1, 0.15) is 0 Å². The first-order valence-electron chi connectivity index (χ1n) is 8.47. The Morgan fingerprint density at radius 3 is 1.97 bits per heavy atom. The van der Waals surface area contributed by atoms with Crippen molar-refractivity contribution in [3.05, 3.63) is 95.1 Å². The highest BCUT2D eigenvalue weighted by atomic mass is 79.9. The summed E-state index contributed by atoms with van der Waals surface area (Å²) in [6.45, 7) is 0. The monoisotopic (exact) mass is 692 g/mol. The van der Waals surface area contributed by atoms with Crippen LogP contribution in [0.4, 0.5) is 5.69 Å². The molecule has 0 bridgehead atoms. The van der Waals surface area contributed by atoms with Crippen molar-refractivity contribution in [1.29, 1.82) is 0 Å². The highest BCUT2D eigenvalue weighted by Crippen LogP contribution is 2.17. The molecule has 0 radical (unpaired) electrons. The lowest BCUT2D eigenvalue weighted by atomic mass is 10.3. The van der Waals surface area contributed by atoms with E-state index in [2.05, 4.69) is 74.2 Å². The van der Waals surface area contributed by atoms with Crippen LogP contribution in [0.15, 0.2) is 89.6 Å². The number of nitrogens with zero attached hydrogens (tertiary/aromatic N) is 2. The summed E-state index contributed by atoms with van der Waals surface area (Å²) >= 11 is 11.8. The molecule has 0 aliphatic carbocycles. The Morgan fingerprint density at radius 2 is 1.56 bits per heavy atom. The normalized spacial score (nSPS) is 10.4. The zero-order valence-electron chi connectivity index (χ0n) is 16.1. The first-order chi connectivity index (χ1) is 15.2. The van der Waals surface area contributed by atoms with E-state index in [1.54, 1.807) is 6.20 Å². The van der Waals surface area contributed by atoms with Crippen LogP contribution in [0.3, 0.4) is 0 Å². The number of allylic oxidation sites excluding steroid dienone is 1. The van der Waals surface area contributed by atoms with E-state index in [0.29, 0.717) is 15.2 Å². The van der Waals surface area contributed by atoms with E-state index >= 15 is 0 Å². The van der Waals surface area contributed by atoms with Gasteiger partial charge in [-0.3, -0.25) is 15.4 Å². The van der Waals surface area contributed by atoms with E-state index in [4.69, 9.17) is 10.9 Å². The second-order valence-electron chi connectivity index (χ2n) is 5.45. The molecule has 32 heavy (non-hydrogen) atoms. The van der Waals surface area contributed by atoms with E-state index in [1.165, 1.54) is 4.68 Å². The fourth-order valence-corrected chi connectivity index (χ4v) is 2.65. The van der Waals surface area contributed by atoms with Crippen LogP contribution in [0.5, 0.6) is 0 Å². The van der Waals surface area contributed by atoms with Gasteiger partial charge in [0, 0.05) is 5.69 Å². The molecule has 1 aromatic heterocycles. The Morgan fingerprint density at radius 1 is 1.03 bits per heavy atom. The number of carboxylic acid groups (broad SMARTS) is 1. The van der Waals surface area contributed by atoms with E-state index < -0.39 is 5.97 Å². The third-order valence-electron chi connectivity index (χ3n) is 3.32. The molecule has 2 aromatic carbocycles. The maximum Gasteiger partial charge on any atom is 0.344 e. The third-order valence-corrected chi connectivity index (χ3v) is 7.10. The lowest BCUT2D eigenvalue weighted by molar-refractivity contribution is -0.131. The number of nitrogens with two attached hydrogens (primary N) is 1. The number of aldehydes is 1. The fraction of sp³-hybridized carbons (Fsp3) is 0. The van der Waals surface area contributed by atoms with Gasteiger partial charge in [-0.2, -0.15) is 9.78 Å². The molecule has 4 N–H and O–H groups in total. The number of hydrazine groups is 1. The molecule has 0 aliphatic heterocycles. The van der Waals surface area contributed by atoms with Crippen LogP contribution in [0.2, 0.25) is 0 Å². The molecule has 0 fully saturated rings. The summed E-state index contributed by atoms with van der Waals surface area (Å²) in [7, 11) is 0. The molecule has 12 heteroatoms. The number of nitrogens with one attached hydrogen (secondary N) is 1. The van der Waals surface area contributed by atoms with E-state index in [-0.39, 0.29) is 14.5 Å². The predicted molar refractivity (Wildman–Crippen MR) is 138 cm³/mol. The van der Waals surface area contributed by atoms with Gasteiger partial charge in [0.1, 0.15) is 8.96 Å². The zero-order chi connectivity index (χ0) is 24.1. The standard InChI is InChI=1S/C10H6Br2N2O.C6H8N2.C4H2Br2O3/c11-8-6-13-14(10(15)9(8)12)7-4-2-1-3-5-7;7-8-6-4-2-1-3-5-6;5-2(1-7)3(6)4(8)9/h1-6H;1-5,8H,7H2;1H,(H,8,9)/b;;3-2-. The summed E-state index contributed by atoms with van der Waals surface area (Å²) in [4.78, 5) is 31.7. The number of carboxylic acids is 1. The molecule has 0 aliphatic rings. The van der Waals surface area contributed by atoms with Crippen LogP contribution in [-0.2, 0) is 9.59 Å². The Balaban J connectivity index is 0.000000260. The number of para-hydroxylation sites is 2. The number of hydrogen-bond donors (Lipinski definition) is 3. The van der Waals surface area contributed by atoms with Crippen molar-refractivity contribution in [2.75, 3.05) is 5.43 Å². The molecule has 0 saturated heterocycles. The van der Waals surface area contributed by atoms with Crippen molar-refractivity contribution in [2.45, 2.75) is 0 Å². The Bertz CT molecular complexity index is 1120. The van der Waals surface area contributed by atoms with E-state index in [0.717, 1.165) is 11.4 Å². The number of benzene rings is 2. The van der Waals surface area contributed by atoms with Crippen molar-refractivity contribution in [3.63, 3.8) is 0 Å². The quantitative estimate of drug-likeness (QED) is 0.152. The largest absolute Gasteiger partial charge is 0.477 e. The first kappa shape index (κ1) is 27.9. The van der Waals surface area contributed by atoms with Crippen LogP contribution in [-0.4, -0.2) is 27.1 Å². The van der Waals surface area contributed by atoms with Crippen LogP contribution in [0.25, 0.3) is 5.69 Å². The van der Waals surface area contributed by atoms with Gasteiger partial charge in [0.25, 0.3) is 5.56 Å². The number of halogens is 4. The molecule has 3 aromatic rings. The molecule has 0 atom stereocenters. The van der Waals surface area contributed by atoms with Gasteiger partial charge in [-0.25, -0.2) is 4.79 Å². The van der Waals surface area contributed by atoms with Gasteiger partial charge in [0.05, 0.1) is 20.8 Å². The fourth-order valence-electron chi connectivity index (χ4n) is 1.85. The summed E-state index contributed by atoms with van der Waals surface area (Å²) in [5.74, 6) is 3.93. The lowest BCUT2D eigenvalue weighted by Gasteiger charge is -2.04. The highest BCUT2D eigenvalue weighted by molar-refractivity contribution is 9.14. The number of carbonyl (C=O) groups excluding carboxylic acids is 1. The average molecular weight is 696 g/mol. The number of carbonyl (C=O) groups is 2. The van der Waals surface area contributed by atoms with Crippen molar-refractivity contribution in [1.82, 2.24) is 9.78 Å². The van der Waals surface area contributed by atoms with E-state index in [9.17, 15) is 14.4 Å². The Kier molecular flexibility index (Phi) is 13.0. The second kappa shape index (κ2) is 14.9. The number of nitrogen functional groups attached to an aromatic ring is 1. The number of aliphatic carboxylic acids is 1. The van der Waals surface area contributed by atoms with Gasteiger partial charge in [-0.15, -0.1) is 0 Å². The molecular formula is C20H16Br4N4O4. The third kappa shape index (κ3) is 9.17. The zero-order valence-corrected chi connectivity index (χ0v) is 22.4. The van der Waals surface area contributed by atoms with Gasteiger partial charge in [0.15, 0.2) is 6.29 Å². The SMILES string of the molecule is NNc1ccccc1.O=C/C(Br)=C(/Br)C(=O)O.O=c1c(Br)c(Br)cnn1-c1ccccc1. The Labute approximate surface area is 217 Å². The number of rotatable bonds is 4. The molecule has 168 valence electrons. The molecule has 3 rings (SSSR count). The molecule has 0 spiro atoms. The molecule has 8 nitrogen and oxygen atoms in total. The molecule has 0 amide bonds. The summed E-state index contributed by atoms with van der Waals surface area (Å²) < 4.78 is 2.29. The van der Waals surface area contributed by atoms with Crippen LogP contribution in [0, 0.1) is 0 Å². The van der Waals surface area contributed by atoms with Gasteiger partial charge in [-0.05, 0) is 88.0 Å². The molecule has 0 saturated carbocycles. The van der Waals surface area contributed by atoms with Crippen molar-refractivity contribution in [3.8, 4) is 5.69 Å². The lowest BCUT2D eigenvalue weighted by Crippen LogP contribution is -2.21. The van der Waals surface area contributed by atoms with Crippen molar-refractivity contribution < 1.29 is 14.7 Å². The summed E-state index contributed by atoms with van der Waals surface area (Å²) in [5, 5.41) is 12.2. The molecule has 0 unspecified atom stereocenters. The minimum atomic E-state index is -1.17. The smallest absolute Gasteiger partial charge is 0.344 e.